The van der Waals surface area contributed by atoms with Gasteiger partial charge in [0.15, 0.2) is 0 Å². The zero-order valence-corrected chi connectivity index (χ0v) is 12.1. The van der Waals surface area contributed by atoms with Crippen molar-refractivity contribution in [3.05, 3.63) is 33.9 Å². The van der Waals surface area contributed by atoms with Crippen LogP contribution in [0.25, 0.3) is 0 Å². The van der Waals surface area contributed by atoms with E-state index in [1.807, 2.05) is 0 Å². The molecule has 1 fully saturated rings. The second-order valence-corrected chi connectivity index (χ2v) is 5.06. The molecular weight excluding hydrogens is 312 g/mol. The number of hydrogen-bond acceptors (Lipinski definition) is 9. The van der Waals surface area contributed by atoms with E-state index in [0.717, 1.165) is 0 Å². The quantitative estimate of drug-likeness (QED) is 0.387. The van der Waals surface area contributed by atoms with E-state index in [0.29, 0.717) is 5.56 Å². The number of nitrogens with zero attached hydrogens (tertiary/aromatic N) is 1. The van der Waals surface area contributed by atoms with Crippen molar-refractivity contribution in [2.45, 2.75) is 37.6 Å². The van der Waals surface area contributed by atoms with Crippen molar-refractivity contribution < 1.29 is 34.6 Å². The molecule has 0 aromatic heterocycles. The van der Waals surface area contributed by atoms with Crippen molar-refractivity contribution in [1.29, 1.82) is 0 Å². The Morgan fingerprint density at radius 3 is 2.78 bits per heavy atom. The maximum absolute atomic E-state index is 10.8. The number of non-ortho nitro benzene ring substituents is 1. The van der Waals surface area contributed by atoms with Crippen molar-refractivity contribution in [2.75, 3.05) is 6.61 Å². The van der Waals surface area contributed by atoms with Crippen LogP contribution in [0.1, 0.15) is 12.0 Å². The predicted molar refractivity (Wildman–Crippen MR) is 75.1 cm³/mol. The standard InChI is InChI=1S/C13H18N2O8/c14-21-6-7-3-8(15(19)20)1-2-10(7)22-12-4-9(17)13(18)11(5-16)23-12/h1-3,9,11-13,16-18H,4-6,14H2/t9-,11?,12-,13-/m1/s1. The van der Waals surface area contributed by atoms with E-state index in [9.17, 15) is 20.3 Å². The fourth-order valence-electron chi connectivity index (χ4n) is 2.28. The SMILES string of the molecule is NOCc1cc([N+](=O)[O-])ccc1O[C@H]1C[C@@H](O)[C@@H](O)C(CO)O1. The molecule has 1 unspecified atom stereocenters. The molecule has 0 spiro atoms. The Labute approximate surface area is 131 Å². The van der Waals surface area contributed by atoms with Gasteiger partial charge in [0, 0.05) is 24.1 Å². The van der Waals surface area contributed by atoms with E-state index < -0.39 is 36.1 Å². The molecule has 0 bridgehead atoms. The van der Waals surface area contributed by atoms with Crippen LogP contribution in [0.15, 0.2) is 18.2 Å². The minimum absolute atomic E-state index is 0.0302. The summed E-state index contributed by atoms with van der Waals surface area (Å²) in [4.78, 5) is 14.7. The van der Waals surface area contributed by atoms with Crippen LogP contribution in [0, 0.1) is 10.1 Å². The number of hydrogen-bond donors (Lipinski definition) is 4. The predicted octanol–water partition coefficient (Wildman–Crippen LogP) is -0.807. The Kier molecular flexibility index (Phi) is 5.82. The van der Waals surface area contributed by atoms with Crippen LogP contribution in [0.2, 0.25) is 0 Å². The Balaban J connectivity index is 2.17. The van der Waals surface area contributed by atoms with Gasteiger partial charge in [-0.25, -0.2) is 5.90 Å². The molecule has 128 valence electrons. The van der Waals surface area contributed by atoms with Crippen molar-refractivity contribution in [3.63, 3.8) is 0 Å². The molecule has 1 saturated heterocycles. The molecule has 10 heteroatoms. The van der Waals surface area contributed by atoms with Gasteiger partial charge in [0.1, 0.15) is 18.0 Å². The Bertz CT molecular complexity index is 555. The van der Waals surface area contributed by atoms with Gasteiger partial charge in [-0.05, 0) is 6.07 Å². The summed E-state index contributed by atoms with van der Waals surface area (Å²) in [6.07, 6.45) is -4.31. The molecule has 1 aliphatic heterocycles. The molecule has 5 N–H and O–H groups in total. The molecule has 1 heterocycles. The van der Waals surface area contributed by atoms with Crippen molar-refractivity contribution in [1.82, 2.24) is 0 Å². The van der Waals surface area contributed by atoms with Gasteiger partial charge in [0.05, 0.1) is 24.2 Å². The van der Waals surface area contributed by atoms with E-state index in [4.69, 9.17) is 20.5 Å². The molecule has 1 aliphatic rings. The monoisotopic (exact) mass is 330 g/mol. The van der Waals surface area contributed by atoms with Crippen molar-refractivity contribution >= 4 is 5.69 Å². The van der Waals surface area contributed by atoms with Crippen molar-refractivity contribution in [2.24, 2.45) is 5.90 Å². The average molecular weight is 330 g/mol. The van der Waals surface area contributed by atoms with Gasteiger partial charge in [-0.3, -0.25) is 15.0 Å². The number of nitro groups is 1. The fraction of sp³-hybridized carbons (Fsp3) is 0.538. The van der Waals surface area contributed by atoms with E-state index in [1.54, 1.807) is 0 Å². The molecule has 2 rings (SSSR count). The summed E-state index contributed by atoms with van der Waals surface area (Å²) < 4.78 is 10.9. The second kappa shape index (κ2) is 7.64. The van der Waals surface area contributed by atoms with Gasteiger partial charge in [-0.2, -0.15) is 0 Å². The highest BCUT2D eigenvalue weighted by Crippen LogP contribution is 2.29. The summed E-state index contributed by atoms with van der Waals surface area (Å²) in [7, 11) is 0. The minimum Gasteiger partial charge on any atom is -0.464 e. The number of rotatable bonds is 6. The summed E-state index contributed by atoms with van der Waals surface area (Å²) in [5.74, 6) is 5.24. The third kappa shape index (κ3) is 4.13. The summed E-state index contributed by atoms with van der Waals surface area (Å²) in [5, 5.41) is 39.4. The molecule has 1 aromatic carbocycles. The molecule has 4 atom stereocenters. The Morgan fingerprint density at radius 1 is 1.43 bits per heavy atom. The highest BCUT2D eigenvalue weighted by molar-refractivity contribution is 5.43. The van der Waals surface area contributed by atoms with Crippen LogP contribution in [-0.2, 0) is 16.2 Å². The highest BCUT2D eigenvalue weighted by atomic mass is 16.7. The van der Waals surface area contributed by atoms with Crippen molar-refractivity contribution in [3.8, 4) is 5.75 Å². The second-order valence-electron chi connectivity index (χ2n) is 5.06. The van der Waals surface area contributed by atoms with Gasteiger partial charge in [-0.1, -0.05) is 0 Å². The number of ether oxygens (including phenoxy) is 2. The summed E-state index contributed by atoms with van der Waals surface area (Å²) >= 11 is 0. The van der Waals surface area contributed by atoms with Gasteiger partial charge in [0.25, 0.3) is 5.69 Å². The van der Waals surface area contributed by atoms with Crippen LogP contribution < -0.4 is 10.6 Å². The zero-order chi connectivity index (χ0) is 17.0. The number of nitrogens with two attached hydrogens (primary N) is 1. The lowest BCUT2D eigenvalue weighted by Crippen LogP contribution is -2.51. The average Bonchev–Trinajstić information content (AvgIpc) is 2.52. The molecule has 0 aliphatic carbocycles. The van der Waals surface area contributed by atoms with Crippen LogP contribution in [-0.4, -0.2) is 51.5 Å². The molecule has 23 heavy (non-hydrogen) atoms. The highest BCUT2D eigenvalue weighted by Gasteiger charge is 2.37. The lowest BCUT2D eigenvalue weighted by atomic mass is 10.0. The molecule has 0 saturated carbocycles. The van der Waals surface area contributed by atoms with Gasteiger partial charge in [0.2, 0.25) is 6.29 Å². The number of nitro benzene ring substituents is 1. The van der Waals surface area contributed by atoms with Crippen LogP contribution >= 0.6 is 0 Å². The Hall–Kier alpha value is -1.82. The van der Waals surface area contributed by atoms with E-state index in [1.165, 1.54) is 18.2 Å². The van der Waals surface area contributed by atoms with Crippen LogP contribution in [0.5, 0.6) is 5.75 Å². The first kappa shape index (κ1) is 17.5. The third-order valence-corrected chi connectivity index (χ3v) is 3.47. The molecule has 1 aromatic rings. The summed E-state index contributed by atoms with van der Waals surface area (Å²) in [5.41, 5.74) is 0.170. The summed E-state index contributed by atoms with van der Waals surface area (Å²) in [6, 6.07) is 3.86. The van der Waals surface area contributed by atoms with Gasteiger partial charge in [-0.15, -0.1) is 0 Å². The maximum atomic E-state index is 10.8. The van der Waals surface area contributed by atoms with Gasteiger partial charge >= 0.3 is 0 Å². The molecule has 0 amide bonds. The minimum atomic E-state index is -1.22. The normalized spacial score (nSPS) is 27.7. The third-order valence-electron chi connectivity index (χ3n) is 3.47. The van der Waals surface area contributed by atoms with Crippen LogP contribution in [0.3, 0.4) is 0 Å². The number of aliphatic hydroxyl groups excluding tert-OH is 3. The lowest BCUT2D eigenvalue weighted by Gasteiger charge is -2.36. The number of benzene rings is 1. The zero-order valence-electron chi connectivity index (χ0n) is 12.1. The lowest BCUT2D eigenvalue weighted by molar-refractivity contribution is -0.385. The van der Waals surface area contributed by atoms with E-state index in [2.05, 4.69) is 4.84 Å². The first-order chi connectivity index (χ1) is 11.0. The van der Waals surface area contributed by atoms with Gasteiger partial charge < -0.3 is 24.8 Å². The Morgan fingerprint density at radius 2 is 2.17 bits per heavy atom. The number of aliphatic hydroxyl groups is 3. The fourth-order valence-corrected chi connectivity index (χ4v) is 2.28. The van der Waals surface area contributed by atoms with Crippen LogP contribution in [0.4, 0.5) is 5.69 Å². The molecule has 0 radical (unpaired) electrons. The topological polar surface area (TPSA) is 158 Å². The van der Waals surface area contributed by atoms with E-state index in [-0.39, 0.29) is 24.5 Å². The first-order valence-corrected chi connectivity index (χ1v) is 6.84. The largest absolute Gasteiger partial charge is 0.464 e. The summed E-state index contributed by atoms with van der Waals surface area (Å²) in [6.45, 7) is -0.616. The first-order valence-electron chi connectivity index (χ1n) is 6.84. The molecule has 10 nitrogen and oxygen atoms in total. The smallest absolute Gasteiger partial charge is 0.270 e. The van der Waals surface area contributed by atoms with E-state index >= 15 is 0 Å². The molecular formula is C13H18N2O8. The maximum Gasteiger partial charge on any atom is 0.270 e.